The number of nitrogens with zero attached hydrogens (tertiary/aromatic N) is 2. The van der Waals surface area contributed by atoms with Crippen molar-refractivity contribution in [3.8, 4) is 0 Å². The molecule has 0 spiro atoms. The van der Waals surface area contributed by atoms with Crippen LogP contribution < -0.4 is 5.32 Å². The number of aromatic nitrogens is 2. The van der Waals surface area contributed by atoms with Crippen molar-refractivity contribution in [1.82, 2.24) is 9.97 Å². The first-order valence-electron chi connectivity index (χ1n) is 4.02. The van der Waals surface area contributed by atoms with E-state index in [1.54, 1.807) is 18.5 Å². The zero-order valence-corrected chi connectivity index (χ0v) is 8.54. The summed E-state index contributed by atoms with van der Waals surface area (Å²) in [7, 11) is -0.790. The molecule has 0 saturated carbocycles. The van der Waals surface area contributed by atoms with Gasteiger partial charge in [-0.1, -0.05) is 0 Å². The molecule has 72 valence electrons. The van der Waals surface area contributed by atoms with Crippen LogP contribution in [-0.2, 0) is 10.8 Å². The van der Waals surface area contributed by atoms with E-state index in [0.29, 0.717) is 6.54 Å². The van der Waals surface area contributed by atoms with Gasteiger partial charge < -0.3 is 5.32 Å². The molecule has 2 atom stereocenters. The molecule has 1 N–H and O–H groups in total. The maximum atomic E-state index is 11.0. The summed E-state index contributed by atoms with van der Waals surface area (Å²) >= 11 is 0. The molecular formula is C8H13N3OS. The fourth-order valence-electron chi connectivity index (χ4n) is 0.761. The van der Waals surface area contributed by atoms with Crippen LogP contribution in [0.25, 0.3) is 0 Å². The van der Waals surface area contributed by atoms with Crippen LogP contribution >= 0.6 is 0 Å². The second-order valence-electron chi connectivity index (χ2n) is 2.78. The minimum atomic E-state index is -0.790. The number of nitrogens with one attached hydrogen (secondary N) is 1. The van der Waals surface area contributed by atoms with Crippen molar-refractivity contribution in [2.24, 2.45) is 0 Å². The first-order chi connectivity index (χ1) is 6.20. The topological polar surface area (TPSA) is 54.9 Å². The predicted octanol–water partition coefficient (Wildman–Crippen LogP) is 0.655. The van der Waals surface area contributed by atoms with Gasteiger partial charge in [-0.2, -0.15) is 0 Å². The molecule has 0 radical (unpaired) electrons. The summed E-state index contributed by atoms with van der Waals surface area (Å²) in [6.45, 7) is 2.60. The van der Waals surface area contributed by atoms with Crippen molar-refractivity contribution in [1.29, 1.82) is 0 Å². The second kappa shape index (κ2) is 4.91. The third kappa shape index (κ3) is 3.50. The highest BCUT2D eigenvalue weighted by Crippen LogP contribution is 1.99. The van der Waals surface area contributed by atoms with Gasteiger partial charge in [0.1, 0.15) is 12.1 Å². The Labute approximate surface area is 80.3 Å². The molecule has 2 unspecified atom stereocenters. The first kappa shape index (κ1) is 10.1. The maximum absolute atomic E-state index is 11.0. The van der Waals surface area contributed by atoms with Gasteiger partial charge in [-0.25, -0.2) is 9.97 Å². The molecule has 0 fully saturated rings. The minimum absolute atomic E-state index is 0.134. The molecule has 1 heterocycles. The van der Waals surface area contributed by atoms with Gasteiger partial charge in [0.25, 0.3) is 0 Å². The van der Waals surface area contributed by atoms with Crippen LogP contribution in [0.1, 0.15) is 6.92 Å². The number of anilines is 1. The molecular weight excluding hydrogens is 186 g/mol. The lowest BCUT2D eigenvalue weighted by molar-refractivity contribution is 0.679. The van der Waals surface area contributed by atoms with E-state index in [2.05, 4.69) is 15.3 Å². The van der Waals surface area contributed by atoms with E-state index in [0.717, 1.165) is 5.82 Å². The van der Waals surface area contributed by atoms with E-state index in [4.69, 9.17) is 0 Å². The van der Waals surface area contributed by atoms with Gasteiger partial charge in [0.2, 0.25) is 0 Å². The zero-order valence-electron chi connectivity index (χ0n) is 7.73. The van der Waals surface area contributed by atoms with Crippen LogP contribution in [0.15, 0.2) is 18.6 Å². The molecule has 1 aromatic rings. The van der Waals surface area contributed by atoms with Gasteiger partial charge in [-0.05, 0) is 13.0 Å². The number of rotatable bonds is 4. The average Bonchev–Trinajstić information content (AvgIpc) is 2.15. The molecule has 4 nitrogen and oxygen atoms in total. The Bertz CT molecular complexity index is 278. The van der Waals surface area contributed by atoms with Crippen molar-refractivity contribution in [3.05, 3.63) is 18.6 Å². The van der Waals surface area contributed by atoms with Crippen LogP contribution in [0.5, 0.6) is 0 Å². The van der Waals surface area contributed by atoms with Gasteiger partial charge >= 0.3 is 0 Å². The normalized spacial score (nSPS) is 14.9. The summed E-state index contributed by atoms with van der Waals surface area (Å²) in [5, 5.41) is 3.22. The van der Waals surface area contributed by atoms with E-state index in [-0.39, 0.29) is 5.25 Å². The van der Waals surface area contributed by atoms with Gasteiger partial charge in [0.05, 0.1) is 0 Å². The summed E-state index contributed by atoms with van der Waals surface area (Å²) < 4.78 is 11.0. The summed E-state index contributed by atoms with van der Waals surface area (Å²) in [6, 6.07) is 1.78. The lowest BCUT2D eigenvalue weighted by Gasteiger charge is -2.09. The van der Waals surface area contributed by atoms with E-state index in [1.165, 1.54) is 6.33 Å². The van der Waals surface area contributed by atoms with Crippen molar-refractivity contribution in [2.45, 2.75) is 12.2 Å². The fraction of sp³-hybridized carbons (Fsp3) is 0.500. The van der Waals surface area contributed by atoms with E-state index >= 15 is 0 Å². The Morgan fingerprint density at radius 2 is 2.46 bits per heavy atom. The fourth-order valence-corrected chi connectivity index (χ4v) is 1.08. The highest BCUT2D eigenvalue weighted by Gasteiger charge is 2.04. The molecule has 0 aliphatic heterocycles. The van der Waals surface area contributed by atoms with Crippen LogP contribution in [0.4, 0.5) is 5.82 Å². The quantitative estimate of drug-likeness (QED) is 0.773. The molecule has 1 aromatic heterocycles. The van der Waals surface area contributed by atoms with E-state index in [9.17, 15) is 4.21 Å². The summed E-state index contributed by atoms with van der Waals surface area (Å²) in [5.41, 5.74) is 0. The molecule has 0 aromatic carbocycles. The van der Waals surface area contributed by atoms with Crippen LogP contribution in [0, 0.1) is 0 Å². The zero-order chi connectivity index (χ0) is 9.68. The lowest BCUT2D eigenvalue weighted by atomic mass is 10.4. The average molecular weight is 199 g/mol. The van der Waals surface area contributed by atoms with Crippen LogP contribution in [0.3, 0.4) is 0 Å². The monoisotopic (exact) mass is 199 g/mol. The maximum Gasteiger partial charge on any atom is 0.129 e. The molecule has 13 heavy (non-hydrogen) atoms. The van der Waals surface area contributed by atoms with E-state index in [1.807, 2.05) is 6.92 Å². The highest BCUT2D eigenvalue weighted by atomic mass is 32.2. The molecule has 0 saturated heterocycles. The third-order valence-electron chi connectivity index (χ3n) is 1.72. The molecule has 0 aliphatic rings. The molecule has 0 aliphatic carbocycles. The summed E-state index contributed by atoms with van der Waals surface area (Å²) in [4.78, 5) is 7.79. The standard InChI is InChI=1S/C8H13N3OS/c1-7(13(2)12)5-10-8-3-4-9-6-11-8/h3-4,6-7H,5H2,1-2H3,(H,9,10,11). The van der Waals surface area contributed by atoms with Crippen molar-refractivity contribution < 1.29 is 4.21 Å². The van der Waals surface area contributed by atoms with Crippen molar-refractivity contribution in [2.75, 3.05) is 18.1 Å². The largest absolute Gasteiger partial charge is 0.369 e. The molecule has 0 bridgehead atoms. The van der Waals surface area contributed by atoms with Crippen molar-refractivity contribution >= 4 is 16.6 Å². The first-order valence-corrected chi connectivity index (χ1v) is 5.64. The molecule has 1 rings (SSSR count). The second-order valence-corrected chi connectivity index (χ2v) is 4.59. The Balaban J connectivity index is 2.39. The Morgan fingerprint density at radius 3 is 3.00 bits per heavy atom. The van der Waals surface area contributed by atoms with Gasteiger partial charge in [0, 0.05) is 35.0 Å². The van der Waals surface area contributed by atoms with Crippen LogP contribution in [0.2, 0.25) is 0 Å². The smallest absolute Gasteiger partial charge is 0.129 e. The number of hydrogen-bond donors (Lipinski definition) is 1. The third-order valence-corrected chi connectivity index (χ3v) is 3.02. The predicted molar refractivity (Wildman–Crippen MR) is 54.1 cm³/mol. The minimum Gasteiger partial charge on any atom is -0.369 e. The Morgan fingerprint density at radius 1 is 1.69 bits per heavy atom. The Hall–Kier alpha value is -0.970. The summed E-state index contributed by atoms with van der Waals surface area (Å²) in [6.07, 6.45) is 4.85. The highest BCUT2D eigenvalue weighted by molar-refractivity contribution is 7.84. The van der Waals surface area contributed by atoms with Gasteiger partial charge in [-0.3, -0.25) is 4.21 Å². The van der Waals surface area contributed by atoms with Crippen LogP contribution in [-0.4, -0.2) is 32.2 Å². The van der Waals surface area contributed by atoms with Crippen molar-refractivity contribution in [3.63, 3.8) is 0 Å². The number of hydrogen-bond acceptors (Lipinski definition) is 4. The lowest BCUT2D eigenvalue weighted by Crippen LogP contribution is -2.20. The van der Waals surface area contributed by atoms with Gasteiger partial charge in [-0.15, -0.1) is 0 Å². The van der Waals surface area contributed by atoms with E-state index < -0.39 is 10.8 Å². The van der Waals surface area contributed by atoms with Gasteiger partial charge in [0.15, 0.2) is 0 Å². The Kier molecular flexibility index (Phi) is 3.82. The summed E-state index contributed by atoms with van der Waals surface area (Å²) in [5.74, 6) is 0.771. The molecule has 0 amide bonds. The molecule has 5 heteroatoms. The SMILES string of the molecule is CC(CNc1ccncn1)S(C)=O.